The van der Waals surface area contributed by atoms with Crippen LogP contribution in [-0.2, 0) is 4.79 Å². The van der Waals surface area contributed by atoms with E-state index in [2.05, 4.69) is 4.90 Å². The molecule has 2 aliphatic rings. The summed E-state index contributed by atoms with van der Waals surface area (Å²) in [6, 6.07) is 5.78. The van der Waals surface area contributed by atoms with Crippen molar-refractivity contribution in [3.8, 4) is 0 Å². The van der Waals surface area contributed by atoms with Crippen LogP contribution in [-0.4, -0.2) is 60.4 Å². The minimum Gasteiger partial charge on any atom is -0.336 e. The molecule has 0 radical (unpaired) electrons. The van der Waals surface area contributed by atoms with E-state index in [0.29, 0.717) is 19.6 Å². The van der Waals surface area contributed by atoms with Crippen LogP contribution in [0.5, 0.6) is 0 Å². The van der Waals surface area contributed by atoms with Crippen molar-refractivity contribution in [3.63, 3.8) is 0 Å². The summed E-state index contributed by atoms with van der Waals surface area (Å²) in [5.74, 6) is 0.235. The summed E-state index contributed by atoms with van der Waals surface area (Å²) >= 11 is 3.08. The third-order valence-electron chi connectivity index (χ3n) is 5.10. The van der Waals surface area contributed by atoms with Gasteiger partial charge >= 0.3 is 0 Å². The van der Waals surface area contributed by atoms with Gasteiger partial charge in [-0.1, -0.05) is 6.07 Å². The smallest absolute Gasteiger partial charge is 0.263 e. The lowest BCUT2D eigenvalue weighted by Crippen LogP contribution is -2.64. The molecule has 2 aromatic heterocycles. The average molecular weight is 361 g/mol. The van der Waals surface area contributed by atoms with E-state index in [1.165, 1.54) is 11.3 Å². The molecule has 2 fully saturated rings. The number of hydrogen-bond acceptors (Lipinski definition) is 5. The Bertz CT molecular complexity index is 744. The van der Waals surface area contributed by atoms with E-state index in [1.54, 1.807) is 11.3 Å². The Kier molecular flexibility index (Phi) is 3.94. The number of carbonyl (C=O) groups excluding carboxylic acids is 2. The molecule has 0 saturated carbocycles. The Labute approximate surface area is 149 Å². The first-order valence-corrected chi connectivity index (χ1v) is 9.78. The summed E-state index contributed by atoms with van der Waals surface area (Å²) in [4.78, 5) is 31.9. The lowest BCUT2D eigenvalue weighted by atomic mass is 9.93. The monoisotopic (exact) mass is 361 g/mol. The summed E-state index contributed by atoms with van der Waals surface area (Å²) in [5, 5.41) is 5.94. The maximum Gasteiger partial charge on any atom is 0.263 e. The largest absolute Gasteiger partial charge is 0.336 e. The van der Waals surface area contributed by atoms with Crippen LogP contribution >= 0.6 is 22.7 Å². The second kappa shape index (κ2) is 5.98. The van der Waals surface area contributed by atoms with Gasteiger partial charge < -0.3 is 9.80 Å². The van der Waals surface area contributed by atoms with E-state index in [9.17, 15) is 9.59 Å². The Morgan fingerprint density at radius 3 is 2.83 bits per heavy atom. The SMILES string of the molecule is CN1CC(=O)N(c2ccsc2)C[C@@]12CCN(C(=O)c1cccs1)C2. The van der Waals surface area contributed by atoms with E-state index < -0.39 is 0 Å². The molecule has 1 spiro atoms. The molecule has 2 aliphatic heterocycles. The van der Waals surface area contributed by atoms with Crippen LogP contribution in [0.2, 0.25) is 0 Å². The minimum atomic E-state index is -0.150. The first-order chi connectivity index (χ1) is 11.6. The van der Waals surface area contributed by atoms with E-state index in [0.717, 1.165) is 23.5 Å². The summed E-state index contributed by atoms with van der Waals surface area (Å²) in [6.07, 6.45) is 0.897. The van der Waals surface area contributed by atoms with Gasteiger partial charge in [0.2, 0.25) is 5.91 Å². The summed E-state index contributed by atoms with van der Waals surface area (Å²) in [7, 11) is 2.00. The van der Waals surface area contributed by atoms with Gasteiger partial charge in [0.05, 0.1) is 22.6 Å². The number of amides is 2. The molecule has 0 unspecified atom stereocenters. The fourth-order valence-electron chi connectivity index (χ4n) is 3.63. The van der Waals surface area contributed by atoms with Gasteiger partial charge in [-0.15, -0.1) is 11.3 Å². The molecule has 5 nitrogen and oxygen atoms in total. The molecule has 0 N–H and O–H groups in total. The van der Waals surface area contributed by atoms with E-state index in [4.69, 9.17) is 0 Å². The number of hydrogen-bond donors (Lipinski definition) is 0. The second-order valence-corrected chi connectivity index (χ2v) is 8.22. The Morgan fingerprint density at radius 2 is 2.12 bits per heavy atom. The van der Waals surface area contributed by atoms with Gasteiger partial charge in [0.25, 0.3) is 5.91 Å². The predicted molar refractivity (Wildman–Crippen MR) is 96.9 cm³/mol. The fraction of sp³-hybridized carbons (Fsp3) is 0.412. The molecule has 0 aromatic carbocycles. The summed E-state index contributed by atoms with van der Waals surface area (Å²) in [5.41, 5.74) is 0.823. The molecular weight excluding hydrogens is 342 g/mol. The fourth-order valence-corrected chi connectivity index (χ4v) is 4.96. The highest BCUT2D eigenvalue weighted by atomic mass is 32.1. The number of piperazine rings is 1. The number of nitrogens with zero attached hydrogens (tertiary/aromatic N) is 3. The van der Waals surface area contributed by atoms with E-state index in [-0.39, 0.29) is 17.4 Å². The van der Waals surface area contributed by atoms with Gasteiger partial charge in [-0.05, 0) is 36.4 Å². The van der Waals surface area contributed by atoms with Crippen LogP contribution < -0.4 is 4.90 Å². The lowest BCUT2D eigenvalue weighted by Gasteiger charge is -2.46. The minimum absolute atomic E-state index is 0.106. The van der Waals surface area contributed by atoms with Crippen LogP contribution in [0.15, 0.2) is 34.3 Å². The van der Waals surface area contributed by atoms with Crippen molar-refractivity contribution in [2.45, 2.75) is 12.0 Å². The summed E-state index contributed by atoms with van der Waals surface area (Å²) in [6.45, 7) is 2.46. The molecule has 7 heteroatoms. The standard InChI is InChI=1S/C17H19N3O2S2/c1-18-9-15(21)20(13-4-8-23-10-13)12-17(18)5-6-19(11-17)16(22)14-3-2-7-24-14/h2-4,7-8,10H,5-6,9,11-12H2,1H3/t17-/m0/s1. The van der Waals surface area contributed by atoms with Crippen LogP contribution in [0.3, 0.4) is 0 Å². The van der Waals surface area contributed by atoms with E-state index >= 15 is 0 Å². The van der Waals surface area contributed by atoms with Crippen LogP contribution in [0.4, 0.5) is 5.69 Å². The highest BCUT2D eigenvalue weighted by Gasteiger charge is 2.48. The zero-order valence-electron chi connectivity index (χ0n) is 13.5. The molecule has 4 rings (SSSR count). The van der Waals surface area contributed by atoms with Gasteiger partial charge in [-0.2, -0.15) is 11.3 Å². The zero-order chi connectivity index (χ0) is 16.7. The molecule has 0 bridgehead atoms. The predicted octanol–water partition coefficient (Wildman–Crippen LogP) is 2.37. The number of likely N-dealkylation sites (N-methyl/N-ethyl adjacent to an activating group) is 1. The van der Waals surface area contributed by atoms with Gasteiger partial charge in [-0.3, -0.25) is 14.5 Å². The second-order valence-electron chi connectivity index (χ2n) is 6.50. The normalized spacial score (nSPS) is 25.0. The van der Waals surface area contributed by atoms with Crippen LogP contribution in [0.1, 0.15) is 16.1 Å². The maximum atomic E-state index is 12.7. The van der Waals surface area contributed by atoms with E-state index in [1.807, 2.05) is 51.2 Å². The van der Waals surface area contributed by atoms with Crippen LogP contribution in [0.25, 0.3) is 0 Å². The zero-order valence-corrected chi connectivity index (χ0v) is 15.1. The van der Waals surface area contributed by atoms with Crippen molar-refractivity contribution in [2.24, 2.45) is 0 Å². The Balaban J connectivity index is 1.56. The molecule has 0 aliphatic carbocycles. The number of rotatable bonds is 2. The molecule has 1 atom stereocenters. The van der Waals surface area contributed by atoms with Gasteiger partial charge in [0.1, 0.15) is 0 Å². The Morgan fingerprint density at radius 1 is 1.25 bits per heavy atom. The molecule has 24 heavy (non-hydrogen) atoms. The van der Waals surface area contributed by atoms with Crippen LogP contribution in [0, 0.1) is 0 Å². The van der Waals surface area contributed by atoms with Gasteiger partial charge in [0, 0.05) is 25.0 Å². The highest BCUT2D eigenvalue weighted by molar-refractivity contribution is 7.12. The third-order valence-corrected chi connectivity index (χ3v) is 6.63. The van der Waals surface area contributed by atoms with Crippen molar-refractivity contribution in [1.82, 2.24) is 9.80 Å². The highest BCUT2D eigenvalue weighted by Crippen LogP contribution is 2.34. The third kappa shape index (κ3) is 2.56. The molecule has 2 saturated heterocycles. The quantitative estimate of drug-likeness (QED) is 0.825. The van der Waals surface area contributed by atoms with Crippen molar-refractivity contribution in [1.29, 1.82) is 0 Å². The first-order valence-electron chi connectivity index (χ1n) is 7.96. The lowest BCUT2D eigenvalue weighted by molar-refractivity contribution is -0.123. The summed E-state index contributed by atoms with van der Waals surface area (Å²) < 4.78 is 0. The molecule has 126 valence electrons. The number of carbonyl (C=O) groups is 2. The first kappa shape index (κ1) is 15.8. The Hall–Kier alpha value is -1.70. The molecule has 4 heterocycles. The average Bonchev–Trinajstić information content (AvgIpc) is 3.32. The van der Waals surface area contributed by atoms with Gasteiger partial charge in [0.15, 0.2) is 0 Å². The molecule has 2 amide bonds. The van der Waals surface area contributed by atoms with Crippen molar-refractivity contribution >= 4 is 40.2 Å². The topological polar surface area (TPSA) is 43.9 Å². The molecular formula is C17H19N3O2S2. The van der Waals surface area contributed by atoms with Crippen molar-refractivity contribution < 1.29 is 9.59 Å². The molecule has 2 aromatic rings. The number of likely N-dealkylation sites (tertiary alicyclic amines) is 1. The van der Waals surface area contributed by atoms with Crippen molar-refractivity contribution in [3.05, 3.63) is 39.2 Å². The van der Waals surface area contributed by atoms with Crippen molar-refractivity contribution in [2.75, 3.05) is 38.1 Å². The maximum absolute atomic E-state index is 12.7. The number of anilines is 1. The van der Waals surface area contributed by atoms with Gasteiger partial charge in [-0.25, -0.2) is 0 Å². The number of thiophene rings is 2.